The molecule has 2 aromatic rings. The maximum atomic E-state index is 13.8. The highest BCUT2D eigenvalue weighted by molar-refractivity contribution is 5.98. The standard InChI is InChI=1S/C33H45N3O7/c1-8-42-20-21-17-18-36(26(37)19-21)25-15-11-22(12-16-25)27(32(2,3)4)28(35-31(41)43-33(5,6)7)29(38)34-24-13-9-23(10-14-24)30(39)40/h9-16,21,27-28H,8,17-20H2,1-7H3,(H,34,38)(H,35,41)(H,39,40)/t21?,27?,28-/m0/s1. The number of amides is 3. The van der Waals surface area contributed by atoms with Gasteiger partial charge in [-0.2, -0.15) is 0 Å². The number of nitrogens with one attached hydrogen (secondary N) is 2. The van der Waals surface area contributed by atoms with Crippen molar-refractivity contribution in [3.63, 3.8) is 0 Å². The van der Waals surface area contributed by atoms with E-state index < -0.39 is 40.9 Å². The number of carboxylic acids is 1. The molecule has 0 radical (unpaired) electrons. The van der Waals surface area contributed by atoms with E-state index in [1.165, 1.54) is 24.3 Å². The number of anilines is 2. The number of hydrogen-bond acceptors (Lipinski definition) is 6. The molecule has 1 fully saturated rings. The summed E-state index contributed by atoms with van der Waals surface area (Å²) < 4.78 is 11.0. The number of ether oxygens (including phenoxy) is 2. The van der Waals surface area contributed by atoms with Gasteiger partial charge in [0.25, 0.3) is 0 Å². The lowest BCUT2D eigenvalue weighted by molar-refractivity contribution is -0.121. The Bertz CT molecular complexity index is 1280. The molecule has 0 aromatic heterocycles. The highest BCUT2D eigenvalue weighted by atomic mass is 16.6. The first-order chi connectivity index (χ1) is 20.1. The average molecular weight is 596 g/mol. The summed E-state index contributed by atoms with van der Waals surface area (Å²) in [6, 6.07) is 12.3. The molecule has 3 atom stereocenters. The fourth-order valence-corrected chi connectivity index (χ4v) is 5.30. The molecule has 2 aromatic carbocycles. The maximum Gasteiger partial charge on any atom is 0.408 e. The quantitative estimate of drug-likeness (QED) is 0.315. The van der Waals surface area contributed by atoms with Crippen molar-refractivity contribution >= 4 is 35.3 Å². The van der Waals surface area contributed by atoms with E-state index in [2.05, 4.69) is 10.6 Å². The number of carbonyl (C=O) groups is 4. The van der Waals surface area contributed by atoms with Crippen LogP contribution in [0.4, 0.5) is 16.2 Å². The Kier molecular flexibility index (Phi) is 11.0. The maximum absolute atomic E-state index is 13.8. The Morgan fingerprint density at radius 3 is 2.14 bits per heavy atom. The normalized spacial score (nSPS) is 17.1. The molecule has 3 N–H and O–H groups in total. The minimum Gasteiger partial charge on any atom is -0.478 e. The highest BCUT2D eigenvalue weighted by Gasteiger charge is 2.40. The zero-order chi connectivity index (χ0) is 31.9. The first-order valence-corrected chi connectivity index (χ1v) is 14.7. The van der Waals surface area contributed by atoms with Crippen LogP contribution in [0.1, 0.15) is 83.1 Å². The molecule has 1 aliphatic heterocycles. The van der Waals surface area contributed by atoms with Gasteiger partial charge in [-0.25, -0.2) is 9.59 Å². The molecular formula is C33H45N3O7. The fourth-order valence-electron chi connectivity index (χ4n) is 5.30. The molecule has 1 saturated heterocycles. The van der Waals surface area contributed by atoms with Gasteiger partial charge >= 0.3 is 12.1 Å². The smallest absolute Gasteiger partial charge is 0.408 e. The van der Waals surface area contributed by atoms with Crippen molar-refractivity contribution in [3.05, 3.63) is 59.7 Å². The minimum absolute atomic E-state index is 0.0498. The lowest BCUT2D eigenvalue weighted by Gasteiger charge is -2.38. The summed E-state index contributed by atoms with van der Waals surface area (Å²) in [4.78, 5) is 52.7. The lowest BCUT2D eigenvalue weighted by Crippen LogP contribution is -2.51. The van der Waals surface area contributed by atoms with Crippen molar-refractivity contribution < 1.29 is 33.8 Å². The molecule has 1 aliphatic rings. The number of benzene rings is 2. The predicted octanol–water partition coefficient (Wildman–Crippen LogP) is 5.83. The Balaban J connectivity index is 1.90. The molecule has 0 aliphatic carbocycles. The Hall–Kier alpha value is -3.92. The summed E-state index contributed by atoms with van der Waals surface area (Å²) >= 11 is 0. The number of nitrogens with zero attached hydrogens (tertiary/aromatic N) is 1. The second kappa shape index (κ2) is 14.0. The van der Waals surface area contributed by atoms with Crippen molar-refractivity contribution in [2.45, 2.75) is 78.9 Å². The molecule has 1 heterocycles. The summed E-state index contributed by atoms with van der Waals surface area (Å²) in [7, 11) is 0. The van der Waals surface area contributed by atoms with E-state index in [0.29, 0.717) is 31.9 Å². The van der Waals surface area contributed by atoms with Crippen LogP contribution >= 0.6 is 0 Å². The third kappa shape index (κ3) is 9.54. The summed E-state index contributed by atoms with van der Waals surface area (Å²) in [6.07, 6.45) is 0.551. The van der Waals surface area contributed by atoms with Crippen LogP contribution in [0.5, 0.6) is 0 Å². The molecule has 234 valence electrons. The molecule has 2 unspecified atom stereocenters. The second-order valence-electron chi connectivity index (χ2n) is 13.0. The van der Waals surface area contributed by atoms with Gasteiger partial charge in [0.1, 0.15) is 11.6 Å². The van der Waals surface area contributed by atoms with Crippen molar-refractivity contribution in [2.75, 3.05) is 30.0 Å². The molecule has 3 rings (SSSR count). The topological polar surface area (TPSA) is 134 Å². The molecule has 10 heteroatoms. The van der Waals surface area contributed by atoms with Crippen LogP contribution in [0.3, 0.4) is 0 Å². The summed E-state index contributed by atoms with van der Waals surface area (Å²) in [5.41, 5.74) is 0.771. The minimum atomic E-state index is -1.07. The van der Waals surface area contributed by atoms with Gasteiger partial charge in [0.2, 0.25) is 11.8 Å². The zero-order valence-corrected chi connectivity index (χ0v) is 26.2. The third-order valence-corrected chi connectivity index (χ3v) is 7.27. The largest absolute Gasteiger partial charge is 0.478 e. The van der Waals surface area contributed by atoms with Gasteiger partial charge in [0.05, 0.1) is 5.56 Å². The molecular weight excluding hydrogens is 550 g/mol. The predicted molar refractivity (Wildman–Crippen MR) is 165 cm³/mol. The van der Waals surface area contributed by atoms with E-state index >= 15 is 0 Å². The van der Waals surface area contributed by atoms with Gasteiger partial charge in [0.15, 0.2) is 0 Å². The molecule has 0 spiro atoms. The van der Waals surface area contributed by atoms with E-state index in [9.17, 15) is 24.3 Å². The van der Waals surface area contributed by atoms with Crippen LogP contribution in [0.2, 0.25) is 0 Å². The van der Waals surface area contributed by atoms with Gasteiger partial charge in [-0.15, -0.1) is 0 Å². The van der Waals surface area contributed by atoms with E-state index in [1.54, 1.807) is 25.7 Å². The number of rotatable bonds is 10. The second-order valence-corrected chi connectivity index (χ2v) is 13.0. The van der Waals surface area contributed by atoms with Gasteiger partial charge < -0.3 is 30.1 Å². The van der Waals surface area contributed by atoms with Crippen LogP contribution < -0.4 is 15.5 Å². The molecule has 43 heavy (non-hydrogen) atoms. The number of carbonyl (C=O) groups excluding carboxylic acids is 3. The Labute approximate surface area is 254 Å². The average Bonchev–Trinajstić information content (AvgIpc) is 2.90. The lowest BCUT2D eigenvalue weighted by atomic mass is 9.72. The van der Waals surface area contributed by atoms with E-state index in [4.69, 9.17) is 9.47 Å². The molecule has 0 saturated carbocycles. The summed E-state index contributed by atoms with van der Waals surface area (Å²) in [5.74, 6) is -1.79. The fraction of sp³-hybridized carbons (Fsp3) is 0.515. The van der Waals surface area contributed by atoms with E-state index in [1.807, 2.05) is 52.0 Å². The number of aromatic carboxylic acids is 1. The zero-order valence-electron chi connectivity index (χ0n) is 26.2. The monoisotopic (exact) mass is 595 g/mol. The van der Waals surface area contributed by atoms with Crippen LogP contribution in [0.25, 0.3) is 0 Å². The van der Waals surface area contributed by atoms with Crippen molar-refractivity contribution in [1.82, 2.24) is 5.32 Å². The first kappa shape index (κ1) is 33.6. The van der Waals surface area contributed by atoms with Gasteiger partial charge in [-0.3, -0.25) is 9.59 Å². The van der Waals surface area contributed by atoms with Crippen molar-refractivity contribution in [2.24, 2.45) is 11.3 Å². The first-order valence-electron chi connectivity index (χ1n) is 14.7. The third-order valence-electron chi connectivity index (χ3n) is 7.27. The van der Waals surface area contributed by atoms with Crippen LogP contribution in [-0.2, 0) is 19.1 Å². The van der Waals surface area contributed by atoms with Crippen LogP contribution in [0.15, 0.2) is 48.5 Å². The molecule has 0 bridgehead atoms. The van der Waals surface area contributed by atoms with E-state index in [-0.39, 0.29) is 17.4 Å². The number of alkyl carbamates (subject to hydrolysis) is 1. The van der Waals surface area contributed by atoms with Gasteiger partial charge in [0, 0.05) is 43.5 Å². The van der Waals surface area contributed by atoms with E-state index in [0.717, 1.165) is 17.7 Å². The Morgan fingerprint density at radius 2 is 1.63 bits per heavy atom. The van der Waals surface area contributed by atoms with Gasteiger partial charge in [-0.05, 0) is 87.4 Å². The van der Waals surface area contributed by atoms with Crippen molar-refractivity contribution in [1.29, 1.82) is 0 Å². The molecule has 10 nitrogen and oxygen atoms in total. The van der Waals surface area contributed by atoms with Crippen LogP contribution in [-0.4, -0.2) is 60.4 Å². The van der Waals surface area contributed by atoms with Crippen LogP contribution in [0, 0.1) is 11.3 Å². The van der Waals surface area contributed by atoms with Gasteiger partial charge in [-0.1, -0.05) is 32.9 Å². The Morgan fingerprint density at radius 1 is 1.00 bits per heavy atom. The number of piperidine rings is 1. The number of hydrogen-bond donors (Lipinski definition) is 3. The summed E-state index contributed by atoms with van der Waals surface area (Å²) in [5, 5.41) is 14.8. The molecule has 3 amide bonds. The van der Waals surface area contributed by atoms with Crippen molar-refractivity contribution in [3.8, 4) is 0 Å². The highest BCUT2D eigenvalue weighted by Crippen LogP contribution is 2.39. The SMILES string of the molecule is CCOCC1CCN(c2ccc(C([C@H](NC(=O)OC(C)(C)C)C(=O)Nc3ccc(C(=O)O)cc3)C(C)(C)C)cc2)C(=O)C1. The number of carboxylic acid groups (broad SMARTS) is 1. The summed E-state index contributed by atoms with van der Waals surface area (Å²) in [6.45, 7) is 14.9.